The number of urea groups is 2. The number of methoxy groups -OCH3 is 2. The van der Waals surface area contributed by atoms with E-state index in [-0.39, 0.29) is 36.1 Å². The smallest absolute Gasteiger partial charge is 0.328 e. The highest BCUT2D eigenvalue weighted by Crippen LogP contribution is 2.20. The number of sulfonamides is 2. The van der Waals surface area contributed by atoms with Crippen LogP contribution in [0, 0.1) is 0 Å². The van der Waals surface area contributed by atoms with E-state index in [2.05, 4.69) is 10.6 Å². The summed E-state index contributed by atoms with van der Waals surface area (Å²) in [6.45, 7) is 1.13. The van der Waals surface area contributed by atoms with Crippen molar-refractivity contribution < 1.29 is 35.9 Å². The van der Waals surface area contributed by atoms with E-state index in [9.17, 15) is 26.4 Å². The molecule has 16 heteroatoms. The van der Waals surface area contributed by atoms with Gasteiger partial charge in [-0.15, -0.1) is 22.7 Å². The van der Waals surface area contributed by atoms with Crippen molar-refractivity contribution in [3.8, 4) is 0 Å². The van der Waals surface area contributed by atoms with Crippen LogP contribution < -0.4 is 20.1 Å². The van der Waals surface area contributed by atoms with E-state index in [1.165, 1.54) is 59.8 Å². The lowest BCUT2D eigenvalue weighted by Gasteiger charge is -2.08. The maximum absolute atomic E-state index is 12.2. The minimum atomic E-state index is -3.95. The Morgan fingerprint density at radius 2 is 1.11 bits per heavy atom. The van der Waals surface area contributed by atoms with Crippen molar-refractivity contribution in [1.29, 1.82) is 0 Å². The Labute approximate surface area is 218 Å². The van der Waals surface area contributed by atoms with Gasteiger partial charge in [0.2, 0.25) is 0 Å². The lowest BCUT2D eigenvalue weighted by atomic mass is 10.2. The Balaban J connectivity index is 1.57. The third-order valence-electron chi connectivity index (χ3n) is 4.58. The number of thiophene rings is 2. The fourth-order valence-corrected chi connectivity index (χ4v) is 7.23. The van der Waals surface area contributed by atoms with Gasteiger partial charge in [-0.05, 0) is 25.0 Å². The average Bonchev–Trinajstić information content (AvgIpc) is 3.46. The number of hydrogen-bond donors (Lipinski definition) is 4. The molecule has 0 spiro atoms. The van der Waals surface area contributed by atoms with Gasteiger partial charge in [-0.25, -0.2) is 35.9 Å². The van der Waals surface area contributed by atoms with Crippen LogP contribution in [0.2, 0.25) is 0 Å². The first-order chi connectivity index (χ1) is 17.1. The van der Waals surface area contributed by atoms with Gasteiger partial charge in [0.1, 0.15) is 0 Å². The molecule has 0 unspecified atom stereocenters. The number of nitrogens with one attached hydrogen (secondary N) is 4. The van der Waals surface area contributed by atoms with Crippen molar-refractivity contribution in [2.75, 3.05) is 27.3 Å². The minimum absolute atomic E-state index is 0.00482. The van der Waals surface area contributed by atoms with Crippen molar-refractivity contribution in [2.45, 2.75) is 48.7 Å². The Morgan fingerprint density at radius 1 is 0.722 bits per heavy atom. The molecule has 36 heavy (non-hydrogen) atoms. The number of carbonyl (C=O) groups is 2. The quantitative estimate of drug-likeness (QED) is 0.232. The zero-order valence-corrected chi connectivity index (χ0v) is 23.1. The second kappa shape index (κ2) is 14.5. The largest absolute Gasteiger partial charge is 0.379 e. The highest BCUT2D eigenvalue weighted by Gasteiger charge is 2.20. The average molecular weight is 583 g/mol. The van der Waals surface area contributed by atoms with E-state index < -0.39 is 32.1 Å². The van der Waals surface area contributed by atoms with E-state index in [0.29, 0.717) is 12.8 Å². The number of rotatable bonds is 15. The number of hydrogen-bond acceptors (Lipinski definition) is 10. The SMILES string of the molecule is COCc1cc(S(=O)(=O)NC(=O)NCCCCCCNC(=O)NS(=O)(=O)c2csc(COC)c2)cs1. The molecule has 0 aliphatic carbocycles. The first-order valence-electron chi connectivity index (χ1n) is 10.8. The molecule has 202 valence electrons. The van der Waals surface area contributed by atoms with Crippen molar-refractivity contribution in [1.82, 2.24) is 20.1 Å². The summed E-state index contributed by atoms with van der Waals surface area (Å²) in [5.74, 6) is 0. The van der Waals surface area contributed by atoms with Gasteiger partial charge in [-0.3, -0.25) is 0 Å². The summed E-state index contributed by atoms with van der Waals surface area (Å²) in [5, 5.41) is 7.87. The Hall–Kier alpha value is -2.24. The number of ether oxygens (including phenoxy) is 2. The molecule has 12 nitrogen and oxygen atoms in total. The van der Waals surface area contributed by atoms with E-state index in [0.717, 1.165) is 22.6 Å². The Bertz CT molecular complexity index is 1110. The fraction of sp³-hybridized carbons (Fsp3) is 0.500. The first kappa shape index (κ1) is 30.0. The molecule has 0 fully saturated rings. The summed E-state index contributed by atoms with van der Waals surface area (Å²) in [4.78, 5) is 25.3. The van der Waals surface area contributed by atoms with Crippen molar-refractivity contribution in [2.24, 2.45) is 0 Å². The van der Waals surface area contributed by atoms with Crippen molar-refractivity contribution in [3.05, 3.63) is 32.6 Å². The highest BCUT2D eigenvalue weighted by molar-refractivity contribution is 7.90. The normalized spacial score (nSPS) is 11.7. The van der Waals surface area contributed by atoms with E-state index in [4.69, 9.17) is 9.47 Å². The molecule has 2 aromatic rings. The molecule has 0 saturated heterocycles. The molecular weight excluding hydrogens is 553 g/mol. The molecule has 2 aromatic heterocycles. The summed E-state index contributed by atoms with van der Waals surface area (Å²) in [7, 11) is -4.89. The van der Waals surface area contributed by atoms with E-state index in [1.807, 2.05) is 9.44 Å². The second-order valence-electron chi connectivity index (χ2n) is 7.50. The lowest BCUT2D eigenvalue weighted by Crippen LogP contribution is -2.39. The molecule has 0 aliphatic heterocycles. The van der Waals surface area contributed by atoms with E-state index >= 15 is 0 Å². The number of carbonyl (C=O) groups excluding carboxylic acids is 2. The van der Waals surface area contributed by atoms with Gasteiger partial charge < -0.3 is 20.1 Å². The van der Waals surface area contributed by atoms with Crippen molar-refractivity contribution >= 4 is 54.8 Å². The third-order valence-corrected chi connectivity index (χ3v) is 9.32. The zero-order chi connectivity index (χ0) is 26.6. The Kier molecular flexibility index (Phi) is 12.1. The maximum Gasteiger partial charge on any atom is 0.328 e. The molecule has 4 amide bonds. The van der Waals surface area contributed by atoms with Gasteiger partial charge in [0, 0.05) is 47.8 Å². The van der Waals surface area contributed by atoms with Crippen LogP contribution in [-0.4, -0.2) is 56.2 Å². The lowest BCUT2D eigenvalue weighted by molar-refractivity contribution is 0.187. The standard InChI is InChI=1S/C20H30N4O8S4/c1-31-11-15-9-17(13-33-15)35(27,28)23-19(25)21-7-5-3-4-6-8-22-20(26)24-36(29,30)18-10-16(12-32-2)34-14-18/h9-10,13-14H,3-8,11-12H2,1-2H3,(H2,21,23,25)(H2,22,24,26). The van der Waals surface area contributed by atoms with Crippen LogP contribution in [0.15, 0.2) is 32.7 Å². The predicted octanol–water partition coefficient (Wildman–Crippen LogP) is 2.34. The monoisotopic (exact) mass is 582 g/mol. The van der Waals surface area contributed by atoms with Crippen LogP contribution in [0.5, 0.6) is 0 Å². The van der Waals surface area contributed by atoms with Gasteiger partial charge in [0.05, 0.1) is 23.0 Å². The van der Waals surface area contributed by atoms with Crippen LogP contribution in [0.25, 0.3) is 0 Å². The molecule has 2 heterocycles. The Morgan fingerprint density at radius 3 is 1.47 bits per heavy atom. The molecular formula is C20H30N4O8S4. The van der Waals surface area contributed by atoms with Crippen LogP contribution in [0.4, 0.5) is 9.59 Å². The molecule has 0 aromatic carbocycles. The fourth-order valence-electron chi connectivity index (χ4n) is 2.88. The topological polar surface area (TPSA) is 169 Å². The minimum Gasteiger partial charge on any atom is -0.379 e. The number of unbranched alkanes of at least 4 members (excludes halogenated alkanes) is 3. The summed E-state index contributed by atoms with van der Waals surface area (Å²) < 4.78 is 62.8. The van der Waals surface area contributed by atoms with E-state index in [1.54, 1.807) is 0 Å². The van der Waals surface area contributed by atoms with Crippen molar-refractivity contribution in [3.63, 3.8) is 0 Å². The van der Waals surface area contributed by atoms with Gasteiger partial charge in [0.25, 0.3) is 20.0 Å². The van der Waals surface area contributed by atoms with Crippen LogP contribution in [0.1, 0.15) is 35.4 Å². The molecule has 0 saturated carbocycles. The van der Waals surface area contributed by atoms with Gasteiger partial charge >= 0.3 is 12.1 Å². The molecule has 0 bridgehead atoms. The number of amides is 4. The third kappa shape index (κ3) is 10.0. The zero-order valence-electron chi connectivity index (χ0n) is 19.9. The van der Waals surface area contributed by atoms with Crippen LogP contribution in [-0.2, 0) is 42.7 Å². The van der Waals surface area contributed by atoms with Crippen LogP contribution >= 0.6 is 22.7 Å². The van der Waals surface area contributed by atoms with Crippen LogP contribution in [0.3, 0.4) is 0 Å². The van der Waals surface area contributed by atoms with Gasteiger partial charge in [0.15, 0.2) is 0 Å². The molecule has 4 N–H and O–H groups in total. The first-order valence-corrected chi connectivity index (χ1v) is 15.5. The van der Waals surface area contributed by atoms with Gasteiger partial charge in [-0.1, -0.05) is 12.8 Å². The molecule has 0 atom stereocenters. The summed E-state index contributed by atoms with van der Waals surface area (Å²) in [6.07, 6.45) is 2.65. The second-order valence-corrected chi connectivity index (χ2v) is 12.9. The molecule has 0 aliphatic rings. The molecule has 0 radical (unpaired) electrons. The molecule has 2 rings (SSSR count). The highest BCUT2D eigenvalue weighted by atomic mass is 32.2. The maximum atomic E-state index is 12.2. The summed E-state index contributed by atoms with van der Waals surface area (Å²) in [5.41, 5.74) is 0. The van der Waals surface area contributed by atoms with Gasteiger partial charge in [-0.2, -0.15) is 0 Å². The summed E-state index contributed by atoms with van der Waals surface area (Å²) in [6, 6.07) is 1.28. The predicted molar refractivity (Wildman–Crippen MR) is 136 cm³/mol. The summed E-state index contributed by atoms with van der Waals surface area (Å²) >= 11 is 2.45.